The fraction of sp³-hybridized carbons (Fsp3) is 0.111. The van der Waals surface area contributed by atoms with E-state index in [4.69, 9.17) is 4.74 Å². The second kappa shape index (κ2) is 4.39. The third kappa shape index (κ3) is 1.61. The molecule has 2 aromatic carbocycles. The first kappa shape index (κ1) is 13.0. The minimum absolute atomic E-state index is 0.000764. The van der Waals surface area contributed by atoms with Gasteiger partial charge < -0.3 is 9.84 Å². The van der Waals surface area contributed by atoms with E-state index in [-0.39, 0.29) is 12.2 Å². The topological polar surface area (TPSA) is 63.6 Å². The number of ketones is 2. The van der Waals surface area contributed by atoms with Crippen LogP contribution < -0.4 is 0 Å². The number of Topliss-reactive ketones (excluding diaryl/α,β-unsaturated/α-hetero) is 1. The van der Waals surface area contributed by atoms with Crippen molar-refractivity contribution in [2.75, 3.05) is 6.61 Å². The highest BCUT2D eigenvalue weighted by atomic mass is 16.5. The molecule has 0 amide bonds. The molecular formula is C18H12O4. The standard InChI is InChI=1S/C18H12O4/c19-14-9-15-16-12(17(14)20)7-4-8-13(16)18(21,10-22-15)11-5-2-1-3-6-11/h1-9,21H,10H2. The summed E-state index contributed by atoms with van der Waals surface area (Å²) >= 11 is 0. The zero-order valence-corrected chi connectivity index (χ0v) is 11.6. The van der Waals surface area contributed by atoms with Gasteiger partial charge in [-0.1, -0.05) is 48.5 Å². The van der Waals surface area contributed by atoms with Crippen molar-refractivity contribution in [3.63, 3.8) is 0 Å². The van der Waals surface area contributed by atoms with Crippen molar-refractivity contribution in [1.29, 1.82) is 0 Å². The van der Waals surface area contributed by atoms with Crippen LogP contribution in [-0.2, 0) is 15.1 Å². The van der Waals surface area contributed by atoms with E-state index >= 15 is 0 Å². The molecule has 4 nitrogen and oxygen atoms in total. The molecule has 0 spiro atoms. The predicted octanol–water partition coefficient (Wildman–Crippen LogP) is 2.06. The van der Waals surface area contributed by atoms with E-state index < -0.39 is 17.2 Å². The molecule has 0 fully saturated rings. The van der Waals surface area contributed by atoms with Crippen LogP contribution in [0.15, 0.2) is 54.6 Å². The van der Waals surface area contributed by atoms with E-state index in [0.29, 0.717) is 22.4 Å². The summed E-state index contributed by atoms with van der Waals surface area (Å²) < 4.78 is 5.61. The minimum Gasteiger partial charge on any atom is -0.489 e. The van der Waals surface area contributed by atoms with Crippen LogP contribution in [0.4, 0.5) is 0 Å². The summed E-state index contributed by atoms with van der Waals surface area (Å²) in [6.45, 7) is 0.000764. The molecule has 1 unspecified atom stereocenters. The first-order valence-electron chi connectivity index (χ1n) is 6.96. The molecule has 1 N–H and O–H groups in total. The lowest BCUT2D eigenvalue weighted by Crippen LogP contribution is -2.39. The van der Waals surface area contributed by atoms with Crippen molar-refractivity contribution in [1.82, 2.24) is 0 Å². The van der Waals surface area contributed by atoms with Crippen LogP contribution in [0.3, 0.4) is 0 Å². The molecule has 0 aromatic heterocycles. The summed E-state index contributed by atoms with van der Waals surface area (Å²) in [5.41, 5.74) is 0.741. The van der Waals surface area contributed by atoms with Crippen molar-refractivity contribution in [2.45, 2.75) is 5.60 Å². The number of hydrogen-bond acceptors (Lipinski definition) is 4. The quantitative estimate of drug-likeness (QED) is 0.817. The Labute approximate surface area is 126 Å². The molecular weight excluding hydrogens is 280 g/mol. The second-order valence-electron chi connectivity index (χ2n) is 5.45. The zero-order chi connectivity index (χ0) is 15.3. The summed E-state index contributed by atoms with van der Waals surface area (Å²) in [5.74, 6) is -0.804. The van der Waals surface area contributed by atoms with Crippen molar-refractivity contribution in [2.24, 2.45) is 0 Å². The number of carbonyl (C=O) groups excluding carboxylic acids is 2. The SMILES string of the molecule is O=C1C=C2OCC(O)(c3ccccc3)c3cccc(c32)C1=O. The fourth-order valence-electron chi connectivity index (χ4n) is 3.07. The monoisotopic (exact) mass is 292 g/mol. The van der Waals surface area contributed by atoms with E-state index in [2.05, 4.69) is 0 Å². The van der Waals surface area contributed by atoms with Gasteiger partial charge >= 0.3 is 0 Å². The largest absolute Gasteiger partial charge is 0.489 e. The second-order valence-corrected chi connectivity index (χ2v) is 5.45. The Bertz CT molecular complexity index is 835. The molecule has 2 aromatic rings. The molecule has 22 heavy (non-hydrogen) atoms. The Morgan fingerprint density at radius 1 is 1.00 bits per heavy atom. The summed E-state index contributed by atoms with van der Waals surface area (Å²) in [4.78, 5) is 23.8. The molecule has 2 aliphatic rings. The Morgan fingerprint density at radius 3 is 2.55 bits per heavy atom. The van der Waals surface area contributed by atoms with Crippen LogP contribution in [0.5, 0.6) is 0 Å². The van der Waals surface area contributed by atoms with Gasteiger partial charge in [0.1, 0.15) is 18.0 Å². The minimum atomic E-state index is -1.34. The third-order valence-corrected chi connectivity index (χ3v) is 4.17. The zero-order valence-electron chi connectivity index (χ0n) is 11.6. The van der Waals surface area contributed by atoms with Gasteiger partial charge in [0.2, 0.25) is 11.6 Å². The molecule has 0 bridgehead atoms. The molecule has 0 saturated carbocycles. The number of hydrogen-bond donors (Lipinski definition) is 1. The van der Waals surface area contributed by atoms with Crippen LogP contribution >= 0.6 is 0 Å². The maximum atomic E-state index is 12.1. The van der Waals surface area contributed by atoms with Gasteiger partial charge in [-0.25, -0.2) is 0 Å². The maximum absolute atomic E-state index is 12.1. The number of aliphatic hydroxyl groups is 1. The smallest absolute Gasteiger partial charge is 0.233 e. The summed E-state index contributed by atoms with van der Waals surface area (Å²) in [5, 5.41) is 11.2. The Balaban J connectivity index is 2.00. The van der Waals surface area contributed by atoms with Gasteiger partial charge in [0.05, 0.1) is 0 Å². The molecule has 0 radical (unpaired) electrons. The van der Waals surface area contributed by atoms with E-state index in [1.165, 1.54) is 6.08 Å². The van der Waals surface area contributed by atoms with Gasteiger partial charge in [0, 0.05) is 22.8 Å². The first-order chi connectivity index (χ1) is 10.6. The van der Waals surface area contributed by atoms with Crippen LogP contribution in [0, 0.1) is 0 Å². The predicted molar refractivity (Wildman–Crippen MR) is 79.1 cm³/mol. The van der Waals surface area contributed by atoms with Gasteiger partial charge in [-0.15, -0.1) is 0 Å². The number of allylic oxidation sites excluding steroid dienone is 1. The Morgan fingerprint density at radius 2 is 1.77 bits per heavy atom. The molecule has 1 heterocycles. The first-order valence-corrected chi connectivity index (χ1v) is 6.96. The molecule has 4 heteroatoms. The summed E-state index contributed by atoms with van der Waals surface area (Å²) in [7, 11) is 0. The third-order valence-electron chi connectivity index (χ3n) is 4.17. The van der Waals surface area contributed by atoms with Crippen molar-refractivity contribution in [3.05, 3.63) is 76.9 Å². The molecule has 108 valence electrons. The molecule has 0 saturated heterocycles. The summed E-state index contributed by atoms with van der Waals surface area (Å²) in [6.07, 6.45) is 1.21. The lowest BCUT2D eigenvalue weighted by atomic mass is 9.78. The van der Waals surface area contributed by atoms with E-state index in [9.17, 15) is 14.7 Å². The maximum Gasteiger partial charge on any atom is 0.233 e. The average Bonchev–Trinajstić information content (AvgIpc) is 2.56. The molecule has 4 rings (SSSR count). The Kier molecular flexibility index (Phi) is 2.59. The van der Waals surface area contributed by atoms with Crippen molar-refractivity contribution >= 4 is 17.3 Å². The van der Waals surface area contributed by atoms with Crippen LogP contribution in [0.1, 0.15) is 27.0 Å². The van der Waals surface area contributed by atoms with Crippen molar-refractivity contribution < 1.29 is 19.4 Å². The highest BCUT2D eigenvalue weighted by Crippen LogP contribution is 2.43. The van der Waals surface area contributed by atoms with Crippen molar-refractivity contribution in [3.8, 4) is 0 Å². The number of benzene rings is 2. The number of carbonyl (C=O) groups is 2. The highest BCUT2D eigenvalue weighted by molar-refractivity contribution is 6.50. The van der Waals surface area contributed by atoms with Gasteiger partial charge in [-0.2, -0.15) is 0 Å². The van der Waals surface area contributed by atoms with Crippen LogP contribution in [-0.4, -0.2) is 23.3 Å². The fourth-order valence-corrected chi connectivity index (χ4v) is 3.07. The molecule has 1 aliphatic heterocycles. The number of rotatable bonds is 1. The number of ether oxygens (including phenoxy) is 1. The van der Waals surface area contributed by atoms with Gasteiger partial charge in [0.15, 0.2) is 0 Å². The van der Waals surface area contributed by atoms with E-state index in [1.807, 2.05) is 30.3 Å². The van der Waals surface area contributed by atoms with Crippen LogP contribution in [0.25, 0.3) is 5.76 Å². The lowest BCUT2D eigenvalue weighted by Gasteiger charge is -2.37. The molecule has 1 aliphatic carbocycles. The normalized spacial score (nSPS) is 22.7. The molecule has 1 atom stereocenters. The highest BCUT2D eigenvalue weighted by Gasteiger charge is 2.43. The lowest BCUT2D eigenvalue weighted by molar-refractivity contribution is -0.111. The van der Waals surface area contributed by atoms with Gasteiger partial charge in [0.25, 0.3) is 0 Å². The summed E-state index contributed by atoms with van der Waals surface area (Å²) in [6, 6.07) is 14.2. The van der Waals surface area contributed by atoms with Gasteiger partial charge in [-0.3, -0.25) is 9.59 Å². The average molecular weight is 292 g/mol. The van der Waals surface area contributed by atoms with E-state index in [0.717, 1.165) is 0 Å². The van der Waals surface area contributed by atoms with Crippen LogP contribution in [0.2, 0.25) is 0 Å². The van der Waals surface area contributed by atoms with E-state index in [1.54, 1.807) is 18.2 Å². The van der Waals surface area contributed by atoms with Gasteiger partial charge in [-0.05, 0) is 5.56 Å². The Hall–Kier alpha value is -2.72.